The van der Waals surface area contributed by atoms with Gasteiger partial charge in [0.15, 0.2) is 0 Å². The van der Waals surface area contributed by atoms with Crippen LogP contribution in [0.5, 0.6) is 0 Å². The smallest absolute Gasteiger partial charge is 0.0665 e. The van der Waals surface area contributed by atoms with Gasteiger partial charge >= 0.3 is 0 Å². The molecule has 148 valence electrons. The van der Waals surface area contributed by atoms with Crippen molar-refractivity contribution in [2.24, 2.45) is 5.41 Å². The van der Waals surface area contributed by atoms with Crippen LogP contribution in [0.15, 0.2) is 65.4 Å². The molecule has 28 heavy (non-hydrogen) atoms. The van der Waals surface area contributed by atoms with Gasteiger partial charge in [-0.2, -0.15) is 10.7 Å². The zero-order valence-electron chi connectivity index (χ0n) is 16.4. The second-order valence-corrected chi connectivity index (χ2v) is 7.51. The highest BCUT2D eigenvalue weighted by molar-refractivity contribution is 7.83. The van der Waals surface area contributed by atoms with Crippen LogP contribution < -0.4 is 11.0 Å². The molecule has 1 aliphatic carbocycles. The largest absolute Gasteiger partial charge is 0.314 e. The molecule has 0 aromatic carbocycles. The van der Waals surface area contributed by atoms with Crippen LogP contribution in [0.25, 0.3) is 5.57 Å². The molecule has 3 N–H and O–H groups in total. The Balaban J connectivity index is 1.95. The highest BCUT2D eigenvalue weighted by atomic mass is 32.1. The maximum atomic E-state index is 7.89. The minimum absolute atomic E-state index is 0.283. The molecule has 0 saturated carbocycles. The summed E-state index contributed by atoms with van der Waals surface area (Å²) in [6, 6.07) is 5.94. The molecule has 1 aliphatic heterocycles. The fraction of sp³-hybridized carbons (Fsp3) is 0.333. The molecular weight excluding hydrogens is 368 g/mol. The van der Waals surface area contributed by atoms with Crippen molar-refractivity contribution < 1.29 is 0 Å². The molecule has 7 heteroatoms. The van der Waals surface area contributed by atoms with E-state index in [9.17, 15) is 0 Å². The van der Waals surface area contributed by atoms with Crippen molar-refractivity contribution in [1.29, 1.82) is 5.41 Å². The van der Waals surface area contributed by atoms with Crippen LogP contribution in [0.3, 0.4) is 0 Å². The Hall–Kier alpha value is -2.19. The molecule has 2 aliphatic rings. The minimum atomic E-state index is -0.283. The second kappa shape index (κ2) is 8.87. The molecule has 0 radical (unpaired) electrons. The lowest BCUT2D eigenvalue weighted by Gasteiger charge is -2.50. The lowest BCUT2D eigenvalue weighted by Crippen LogP contribution is -2.58. The molecule has 1 saturated heterocycles. The minimum Gasteiger partial charge on any atom is -0.314 e. The molecule has 1 fully saturated rings. The van der Waals surface area contributed by atoms with E-state index in [1.54, 1.807) is 11.6 Å². The van der Waals surface area contributed by atoms with Gasteiger partial charge in [0, 0.05) is 44.2 Å². The van der Waals surface area contributed by atoms with E-state index < -0.39 is 0 Å². The molecule has 1 atom stereocenters. The number of nitrogens with one attached hydrogen (secondary N) is 3. The van der Waals surface area contributed by atoms with E-state index in [0.29, 0.717) is 0 Å². The summed E-state index contributed by atoms with van der Waals surface area (Å²) >= 11 is 4.05. The summed E-state index contributed by atoms with van der Waals surface area (Å²) in [6.07, 6.45) is 8.96. The molecule has 6 nitrogen and oxygen atoms in total. The second-order valence-electron chi connectivity index (χ2n) is 7.21. The number of allylic oxidation sites excluding steroid dienone is 3. The van der Waals surface area contributed by atoms with Gasteiger partial charge in [-0.1, -0.05) is 24.3 Å². The zero-order valence-corrected chi connectivity index (χ0v) is 17.3. The standard InChI is InChI=1S/C21H28N6S/c1-16-12-19-7-10-27(26(3)25-24-9-11-28)15-21(19,13-18(16)14-22)17(2)20-6-4-5-8-23-20/h4-6,8-9,11-12,14,22,24-25,28H,2,7,10,13,15H2,1,3H3/b11-9+,22-14?. The predicted molar refractivity (Wildman–Crippen MR) is 118 cm³/mol. The summed E-state index contributed by atoms with van der Waals surface area (Å²) in [5, 5.41) is 13.7. The summed E-state index contributed by atoms with van der Waals surface area (Å²) in [4.78, 5) is 4.56. The molecule has 1 aromatic rings. The Morgan fingerprint density at radius 1 is 1.46 bits per heavy atom. The van der Waals surface area contributed by atoms with Gasteiger partial charge in [0.25, 0.3) is 0 Å². The lowest BCUT2D eigenvalue weighted by molar-refractivity contribution is -0.0805. The highest BCUT2D eigenvalue weighted by Crippen LogP contribution is 2.51. The number of pyridine rings is 1. The monoisotopic (exact) mass is 396 g/mol. The van der Waals surface area contributed by atoms with Crippen LogP contribution >= 0.6 is 12.6 Å². The van der Waals surface area contributed by atoms with Crippen LogP contribution in [0.1, 0.15) is 25.5 Å². The van der Waals surface area contributed by atoms with Gasteiger partial charge in [0.2, 0.25) is 0 Å². The average molecular weight is 397 g/mol. The van der Waals surface area contributed by atoms with E-state index in [0.717, 1.165) is 42.8 Å². The first-order valence-electron chi connectivity index (χ1n) is 9.33. The fourth-order valence-corrected chi connectivity index (χ4v) is 4.10. The first kappa shape index (κ1) is 20.5. The number of hydrogen-bond donors (Lipinski definition) is 4. The summed E-state index contributed by atoms with van der Waals surface area (Å²) in [5.74, 6) is 0. The maximum Gasteiger partial charge on any atom is 0.0665 e. The van der Waals surface area contributed by atoms with E-state index in [2.05, 4.69) is 53.2 Å². The molecule has 2 heterocycles. The van der Waals surface area contributed by atoms with E-state index in [1.807, 2.05) is 36.6 Å². The third-order valence-electron chi connectivity index (χ3n) is 5.63. The summed E-state index contributed by atoms with van der Waals surface area (Å²) in [6.45, 7) is 8.23. The normalized spacial score (nSPS) is 22.9. The van der Waals surface area contributed by atoms with Crippen molar-refractivity contribution in [1.82, 2.24) is 26.1 Å². The third-order valence-corrected chi connectivity index (χ3v) is 5.78. The van der Waals surface area contributed by atoms with E-state index in [-0.39, 0.29) is 5.41 Å². The first-order chi connectivity index (χ1) is 13.5. The number of rotatable bonds is 7. The predicted octanol–water partition coefficient (Wildman–Crippen LogP) is 3.34. The number of thiol groups is 1. The molecule has 0 amide bonds. The van der Waals surface area contributed by atoms with Crippen LogP contribution in [-0.2, 0) is 0 Å². The Bertz CT molecular complexity index is 829. The van der Waals surface area contributed by atoms with Gasteiger partial charge in [-0.25, -0.2) is 5.01 Å². The maximum absolute atomic E-state index is 7.89. The fourth-order valence-electron chi connectivity index (χ4n) is 4.02. The number of nitrogens with zero attached hydrogens (tertiary/aromatic N) is 3. The summed E-state index contributed by atoms with van der Waals surface area (Å²) in [7, 11) is 1.98. The third kappa shape index (κ3) is 3.98. The van der Waals surface area contributed by atoms with Gasteiger partial charge in [0.05, 0.1) is 5.69 Å². The lowest BCUT2D eigenvalue weighted by atomic mass is 9.63. The number of piperidine rings is 1. The van der Waals surface area contributed by atoms with Crippen LogP contribution in [0, 0.1) is 10.8 Å². The Kier molecular flexibility index (Phi) is 6.51. The summed E-state index contributed by atoms with van der Waals surface area (Å²) in [5.41, 5.74) is 11.3. The van der Waals surface area contributed by atoms with Crippen molar-refractivity contribution in [3.8, 4) is 0 Å². The molecule has 1 unspecified atom stereocenters. The van der Waals surface area contributed by atoms with Crippen molar-refractivity contribution in [2.45, 2.75) is 19.8 Å². The number of hydrazine groups is 3. The van der Waals surface area contributed by atoms with Crippen LogP contribution in [0.4, 0.5) is 0 Å². The summed E-state index contributed by atoms with van der Waals surface area (Å²) < 4.78 is 0. The molecule has 0 bridgehead atoms. The van der Waals surface area contributed by atoms with E-state index >= 15 is 0 Å². The van der Waals surface area contributed by atoms with Crippen molar-refractivity contribution in [2.75, 3.05) is 20.1 Å². The number of hydrogen-bond acceptors (Lipinski definition) is 7. The Morgan fingerprint density at radius 3 is 2.96 bits per heavy atom. The van der Waals surface area contributed by atoms with Crippen LogP contribution in [-0.4, -0.2) is 41.5 Å². The Labute approximate surface area is 172 Å². The molecule has 1 aromatic heterocycles. The zero-order chi connectivity index (χ0) is 20.1. The van der Waals surface area contributed by atoms with Gasteiger partial charge in [0.1, 0.15) is 0 Å². The SMILES string of the molecule is C=C(c1ccccn1)C12CC(C=N)=C(C)C=C1CCN(N(C)NN/C=C/S)C2. The van der Waals surface area contributed by atoms with Crippen molar-refractivity contribution in [3.63, 3.8) is 0 Å². The first-order valence-corrected chi connectivity index (χ1v) is 9.84. The van der Waals surface area contributed by atoms with Crippen LogP contribution in [0.2, 0.25) is 0 Å². The quantitative estimate of drug-likeness (QED) is 0.323. The van der Waals surface area contributed by atoms with Gasteiger partial charge in [-0.3, -0.25) is 4.98 Å². The van der Waals surface area contributed by atoms with E-state index in [4.69, 9.17) is 5.41 Å². The average Bonchev–Trinajstić information content (AvgIpc) is 2.73. The van der Waals surface area contributed by atoms with Crippen molar-refractivity contribution >= 4 is 24.4 Å². The number of aromatic nitrogens is 1. The molecular formula is C21H28N6S. The van der Waals surface area contributed by atoms with Crippen molar-refractivity contribution in [3.05, 3.63) is 71.1 Å². The molecule has 3 rings (SSSR count). The number of fused-ring (bicyclic) bond motifs is 1. The Morgan fingerprint density at radius 2 is 2.29 bits per heavy atom. The highest BCUT2D eigenvalue weighted by Gasteiger charge is 2.45. The topological polar surface area (TPSA) is 67.3 Å². The molecule has 0 spiro atoms. The van der Waals surface area contributed by atoms with Gasteiger partial charge in [-0.05, 0) is 54.0 Å². The van der Waals surface area contributed by atoms with Gasteiger partial charge < -0.3 is 10.8 Å². The van der Waals surface area contributed by atoms with Gasteiger partial charge in [-0.15, -0.1) is 12.6 Å². The van der Waals surface area contributed by atoms with E-state index in [1.165, 1.54) is 17.4 Å².